The molecular formula is C20H27NO3. The molecule has 3 atom stereocenters. The summed E-state index contributed by atoms with van der Waals surface area (Å²) in [6.45, 7) is 5.04. The van der Waals surface area contributed by atoms with Crippen molar-refractivity contribution >= 4 is 11.9 Å². The number of benzene rings is 1. The summed E-state index contributed by atoms with van der Waals surface area (Å²) in [5.41, 5.74) is 3.79. The average molecular weight is 329 g/mol. The highest BCUT2D eigenvalue weighted by Crippen LogP contribution is 2.38. The minimum absolute atomic E-state index is 0.120. The molecule has 0 spiro atoms. The van der Waals surface area contributed by atoms with E-state index in [1.165, 1.54) is 16.7 Å². The Bertz CT molecular complexity index is 640. The summed E-state index contributed by atoms with van der Waals surface area (Å²) in [4.78, 5) is 26.4. The summed E-state index contributed by atoms with van der Waals surface area (Å²) in [6, 6.07) is 6.47. The Balaban J connectivity index is 1.79. The summed E-state index contributed by atoms with van der Waals surface area (Å²) >= 11 is 0. The summed E-state index contributed by atoms with van der Waals surface area (Å²) in [5, 5.41) is 9.28. The van der Waals surface area contributed by atoms with Crippen LogP contribution in [0.5, 0.6) is 0 Å². The predicted octanol–water partition coefficient (Wildman–Crippen LogP) is 3.86. The van der Waals surface area contributed by atoms with Crippen LogP contribution < -0.4 is 0 Å². The number of carbonyl (C=O) groups excluding carboxylic acids is 1. The fraction of sp³-hybridized carbons (Fsp3) is 0.600. The Morgan fingerprint density at radius 2 is 1.83 bits per heavy atom. The zero-order valence-electron chi connectivity index (χ0n) is 14.6. The topological polar surface area (TPSA) is 57.6 Å². The SMILES string of the molecule is Cc1cccc(C2CCCN2C(=O)C2CCCC(C(=O)O)C2)c1C. The Labute approximate surface area is 143 Å². The normalized spacial score (nSPS) is 27.2. The maximum Gasteiger partial charge on any atom is 0.306 e. The van der Waals surface area contributed by atoms with Crippen LogP contribution in [0.3, 0.4) is 0 Å². The van der Waals surface area contributed by atoms with Crippen LogP contribution in [-0.4, -0.2) is 28.4 Å². The molecule has 0 bridgehead atoms. The van der Waals surface area contributed by atoms with Gasteiger partial charge in [-0.1, -0.05) is 24.6 Å². The first-order valence-electron chi connectivity index (χ1n) is 9.08. The Hall–Kier alpha value is -1.84. The second kappa shape index (κ2) is 6.96. The maximum absolute atomic E-state index is 13.1. The molecule has 1 aromatic rings. The molecule has 4 nitrogen and oxygen atoms in total. The van der Waals surface area contributed by atoms with Gasteiger partial charge in [-0.25, -0.2) is 0 Å². The minimum atomic E-state index is -0.750. The zero-order valence-corrected chi connectivity index (χ0v) is 14.6. The van der Waals surface area contributed by atoms with Crippen molar-refractivity contribution in [2.24, 2.45) is 11.8 Å². The highest BCUT2D eigenvalue weighted by atomic mass is 16.4. The van der Waals surface area contributed by atoms with Gasteiger partial charge in [-0.3, -0.25) is 9.59 Å². The maximum atomic E-state index is 13.1. The minimum Gasteiger partial charge on any atom is -0.481 e. The van der Waals surface area contributed by atoms with E-state index in [4.69, 9.17) is 0 Å². The fourth-order valence-corrected chi connectivity index (χ4v) is 4.36. The molecule has 1 aromatic carbocycles. The Kier molecular flexibility index (Phi) is 4.93. The van der Waals surface area contributed by atoms with Crippen molar-refractivity contribution in [2.75, 3.05) is 6.54 Å². The van der Waals surface area contributed by atoms with E-state index in [9.17, 15) is 14.7 Å². The third kappa shape index (κ3) is 3.19. The number of nitrogens with zero attached hydrogens (tertiary/aromatic N) is 1. The molecule has 1 saturated heterocycles. The molecule has 1 aliphatic heterocycles. The van der Waals surface area contributed by atoms with Crippen LogP contribution in [0.15, 0.2) is 18.2 Å². The first-order chi connectivity index (χ1) is 11.5. The number of carboxylic acids is 1. The molecule has 0 radical (unpaired) electrons. The molecule has 2 fully saturated rings. The number of likely N-dealkylation sites (tertiary alicyclic amines) is 1. The van der Waals surface area contributed by atoms with Crippen molar-refractivity contribution in [1.29, 1.82) is 0 Å². The summed E-state index contributed by atoms with van der Waals surface area (Å²) in [7, 11) is 0. The largest absolute Gasteiger partial charge is 0.481 e. The number of hydrogen-bond acceptors (Lipinski definition) is 2. The van der Waals surface area contributed by atoms with Gasteiger partial charge >= 0.3 is 5.97 Å². The lowest BCUT2D eigenvalue weighted by atomic mass is 9.80. The quantitative estimate of drug-likeness (QED) is 0.916. The van der Waals surface area contributed by atoms with Gasteiger partial charge in [0.25, 0.3) is 0 Å². The van der Waals surface area contributed by atoms with Gasteiger partial charge in [-0.05, 0) is 62.6 Å². The van der Waals surface area contributed by atoms with Crippen LogP contribution in [-0.2, 0) is 9.59 Å². The van der Waals surface area contributed by atoms with Crippen molar-refractivity contribution < 1.29 is 14.7 Å². The summed E-state index contributed by atoms with van der Waals surface area (Å²) in [6.07, 6.45) is 4.92. The number of aryl methyl sites for hydroxylation is 1. The molecule has 1 saturated carbocycles. The van der Waals surface area contributed by atoms with Crippen molar-refractivity contribution in [3.05, 3.63) is 34.9 Å². The molecule has 4 heteroatoms. The first kappa shape index (κ1) is 17.0. The fourth-order valence-electron chi connectivity index (χ4n) is 4.36. The first-order valence-corrected chi connectivity index (χ1v) is 9.08. The summed E-state index contributed by atoms with van der Waals surface area (Å²) in [5.74, 6) is -1.05. The Morgan fingerprint density at radius 3 is 2.58 bits per heavy atom. The van der Waals surface area contributed by atoms with Crippen molar-refractivity contribution in [2.45, 2.75) is 58.4 Å². The molecule has 130 valence electrons. The highest BCUT2D eigenvalue weighted by Gasteiger charge is 2.38. The molecule has 1 aliphatic carbocycles. The predicted molar refractivity (Wildman–Crippen MR) is 92.7 cm³/mol. The molecule has 3 rings (SSSR count). The molecule has 3 unspecified atom stereocenters. The molecule has 1 amide bonds. The second-order valence-corrected chi connectivity index (χ2v) is 7.38. The zero-order chi connectivity index (χ0) is 17.3. The van der Waals surface area contributed by atoms with E-state index in [-0.39, 0.29) is 23.8 Å². The van der Waals surface area contributed by atoms with Gasteiger partial charge in [-0.15, -0.1) is 0 Å². The highest BCUT2D eigenvalue weighted by molar-refractivity contribution is 5.81. The van der Waals surface area contributed by atoms with Crippen molar-refractivity contribution in [3.63, 3.8) is 0 Å². The van der Waals surface area contributed by atoms with E-state index in [0.29, 0.717) is 12.8 Å². The monoisotopic (exact) mass is 329 g/mol. The van der Waals surface area contributed by atoms with Crippen molar-refractivity contribution in [3.8, 4) is 0 Å². The van der Waals surface area contributed by atoms with Crippen LogP contribution in [0, 0.1) is 25.7 Å². The lowest BCUT2D eigenvalue weighted by molar-refractivity contribution is -0.145. The van der Waals surface area contributed by atoms with Crippen LogP contribution >= 0.6 is 0 Å². The molecule has 24 heavy (non-hydrogen) atoms. The molecule has 2 aliphatic rings. The smallest absolute Gasteiger partial charge is 0.306 e. The van der Waals surface area contributed by atoms with E-state index in [2.05, 4.69) is 32.0 Å². The number of rotatable bonds is 3. The number of aliphatic carboxylic acids is 1. The lowest BCUT2D eigenvalue weighted by Crippen LogP contribution is -2.39. The average Bonchev–Trinajstić information content (AvgIpc) is 3.06. The lowest BCUT2D eigenvalue weighted by Gasteiger charge is -2.33. The van der Waals surface area contributed by atoms with Gasteiger partial charge in [0, 0.05) is 12.5 Å². The van der Waals surface area contributed by atoms with Crippen LogP contribution in [0.1, 0.15) is 61.3 Å². The van der Waals surface area contributed by atoms with E-state index >= 15 is 0 Å². The molecular weight excluding hydrogens is 302 g/mol. The van der Waals surface area contributed by atoms with Crippen LogP contribution in [0.4, 0.5) is 0 Å². The third-order valence-electron chi connectivity index (χ3n) is 5.91. The number of amides is 1. The van der Waals surface area contributed by atoms with E-state index in [1.54, 1.807) is 0 Å². The van der Waals surface area contributed by atoms with Gasteiger partial charge in [0.15, 0.2) is 0 Å². The van der Waals surface area contributed by atoms with Gasteiger partial charge in [-0.2, -0.15) is 0 Å². The third-order valence-corrected chi connectivity index (χ3v) is 5.91. The standard InChI is InChI=1S/C20H27NO3/c1-13-6-3-9-17(14(13)2)18-10-5-11-21(18)19(22)15-7-4-8-16(12-15)20(23)24/h3,6,9,15-16,18H,4-5,7-8,10-12H2,1-2H3,(H,23,24). The molecule has 0 aromatic heterocycles. The van der Waals surface area contributed by atoms with E-state index in [1.807, 2.05) is 4.90 Å². The van der Waals surface area contributed by atoms with Crippen molar-refractivity contribution in [1.82, 2.24) is 4.90 Å². The van der Waals surface area contributed by atoms with E-state index in [0.717, 1.165) is 32.2 Å². The number of carbonyl (C=O) groups is 2. The Morgan fingerprint density at radius 1 is 1.08 bits per heavy atom. The van der Waals surface area contributed by atoms with E-state index < -0.39 is 5.97 Å². The van der Waals surface area contributed by atoms with Crippen LogP contribution in [0.25, 0.3) is 0 Å². The summed E-state index contributed by atoms with van der Waals surface area (Å²) < 4.78 is 0. The molecule has 1 N–H and O–H groups in total. The van der Waals surface area contributed by atoms with Gasteiger partial charge in [0.05, 0.1) is 12.0 Å². The van der Waals surface area contributed by atoms with Crippen LogP contribution in [0.2, 0.25) is 0 Å². The number of carboxylic acid groups (broad SMARTS) is 1. The number of hydrogen-bond donors (Lipinski definition) is 1. The van der Waals surface area contributed by atoms with Gasteiger partial charge in [0.1, 0.15) is 0 Å². The van der Waals surface area contributed by atoms with Gasteiger partial charge in [0.2, 0.25) is 5.91 Å². The molecule has 1 heterocycles. The van der Waals surface area contributed by atoms with Gasteiger partial charge < -0.3 is 10.0 Å². The second-order valence-electron chi connectivity index (χ2n) is 7.38.